The highest BCUT2D eigenvalue weighted by molar-refractivity contribution is 5.91. The van der Waals surface area contributed by atoms with Crippen LogP contribution in [0.3, 0.4) is 0 Å². The first-order valence-electron chi connectivity index (χ1n) is 6.67. The van der Waals surface area contributed by atoms with Crippen LogP contribution in [-0.4, -0.2) is 19.3 Å². The van der Waals surface area contributed by atoms with Gasteiger partial charge >= 0.3 is 0 Å². The minimum atomic E-state index is 0.222. The molecule has 0 aromatic heterocycles. The van der Waals surface area contributed by atoms with Crippen LogP contribution in [0.15, 0.2) is 54.6 Å². The highest BCUT2D eigenvalue weighted by Gasteiger charge is 2.12. The van der Waals surface area contributed by atoms with E-state index in [1.54, 1.807) is 20.3 Å². The van der Waals surface area contributed by atoms with Crippen molar-refractivity contribution in [3.8, 4) is 28.4 Å². The molecule has 0 saturated carbocycles. The molecule has 0 saturated heterocycles. The van der Waals surface area contributed by atoms with E-state index in [0.29, 0.717) is 5.75 Å². The predicted molar refractivity (Wildman–Crippen MR) is 84.2 cm³/mol. The SMILES string of the molecule is COc1ccc(OC)c(-c2cc3ccccc3cc2O)c1. The predicted octanol–water partition coefficient (Wildman–Crippen LogP) is 4.23. The monoisotopic (exact) mass is 280 g/mol. The summed E-state index contributed by atoms with van der Waals surface area (Å²) >= 11 is 0. The van der Waals surface area contributed by atoms with Gasteiger partial charge in [-0.05, 0) is 41.1 Å². The Morgan fingerprint density at radius 1 is 0.762 bits per heavy atom. The molecule has 3 rings (SSSR count). The highest BCUT2D eigenvalue weighted by atomic mass is 16.5. The number of phenols is 1. The minimum absolute atomic E-state index is 0.222. The first-order valence-corrected chi connectivity index (χ1v) is 6.67. The van der Waals surface area contributed by atoms with Gasteiger partial charge in [0.05, 0.1) is 14.2 Å². The van der Waals surface area contributed by atoms with Gasteiger partial charge in [-0.3, -0.25) is 0 Å². The minimum Gasteiger partial charge on any atom is -0.507 e. The lowest BCUT2D eigenvalue weighted by molar-refractivity contribution is 0.404. The average molecular weight is 280 g/mol. The summed E-state index contributed by atoms with van der Waals surface area (Å²) in [6, 6.07) is 17.2. The topological polar surface area (TPSA) is 38.7 Å². The molecular weight excluding hydrogens is 264 g/mol. The van der Waals surface area contributed by atoms with Crippen molar-refractivity contribution in [3.63, 3.8) is 0 Å². The number of aromatic hydroxyl groups is 1. The molecule has 3 nitrogen and oxygen atoms in total. The summed E-state index contributed by atoms with van der Waals surface area (Å²) in [6.07, 6.45) is 0. The van der Waals surface area contributed by atoms with Gasteiger partial charge in [0.25, 0.3) is 0 Å². The zero-order valence-electron chi connectivity index (χ0n) is 12.0. The van der Waals surface area contributed by atoms with E-state index in [0.717, 1.165) is 27.6 Å². The van der Waals surface area contributed by atoms with Gasteiger partial charge in [0.2, 0.25) is 0 Å². The Hall–Kier alpha value is -2.68. The standard InChI is InChI=1S/C18H16O3/c1-20-14-7-8-18(21-2)16(11-14)15-9-12-5-3-4-6-13(12)10-17(15)19/h3-11,19H,1-2H3. The number of rotatable bonds is 3. The van der Waals surface area contributed by atoms with E-state index in [1.165, 1.54) is 0 Å². The van der Waals surface area contributed by atoms with E-state index in [2.05, 4.69) is 0 Å². The van der Waals surface area contributed by atoms with E-state index < -0.39 is 0 Å². The Balaban J connectivity index is 2.26. The van der Waals surface area contributed by atoms with Crippen LogP contribution >= 0.6 is 0 Å². The molecule has 3 heteroatoms. The largest absolute Gasteiger partial charge is 0.507 e. The number of fused-ring (bicyclic) bond motifs is 1. The van der Waals surface area contributed by atoms with Gasteiger partial charge in [0, 0.05) is 11.1 Å². The summed E-state index contributed by atoms with van der Waals surface area (Å²) in [5.74, 6) is 1.64. The summed E-state index contributed by atoms with van der Waals surface area (Å²) in [6.45, 7) is 0. The quantitative estimate of drug-likeness (QED) is 0.780. The summed E-state index contributed by atoms with van der Waals surface area (Å²) in [7, 11) is 3.23. The maximum absolute atomic E-state index is 10.3. The smallest absolute Gasteiger partial charge is 0.127 e. The Bertz CT molecular complexity index is 794. The van der Waals surface area contributed by atoms with Crippen LogP contribution in [0.2, 0.25) is 0 Å². The molecule has 0 radical (unpaired) electrons. The zero-order valence-corrected chi connectivity index (χ0v) is 12.0. The van der Waals surface area contributed by atoms with Gasteiger partial charge in [-0.1, -0.05) is 24.3 Å². The second-order valence-electron chi connectivity index (χ2n) is 4.78. The van der Waals surface area contributed by atoms with Crippen LogP contribution in [-0.2, 0) is 0 Å². The van der Waals surface area contributed by atoms with Gasteiger partial charge in [0.1, 0.15) is 17.2 Å². The second-order valence-corrected chi connectivity index (χ2v) is 4.78. The van der Waals surface area contributed by atoms with Gasteiger partial charge in [-0.2, -0.15) is 0 Å². The number of phenolic OH excluding ortho intramolecular Hbond substituents is 1. The fraction of sp³-hybridized carbons (Fsp3) is 0.111. The number of benzene rings is 3. The van der Waals surface area contributed by atoms with Crippen LogP contribution < -0.4 is 9.47 Å². The summed E-state index contributed by atoms with van der Waals surface area (Å²) < 4.78 is 10.7. The fourth-order valence-electron chi connectivity index (χ4n) is 2.47. The normalized spacial score (nSPS) is 10.6. The van der Waals surface area contributed by atoms with E-state index in [9.17, 15) is 5.11 Å². The molecule has 0 amide bonds. The van der Waals surface area contributed by atoms with Crippen molar-refractivity contribution in [2.75, 3.05) is 14.2 Å². The van der Waals surface area contributed by atoms with Gasteiger partial charge in [-0.25, -0.2) is 0 Å². The third kappa shape index (κ3) is 2.38. The molecule has 0 fully saturated rings. The van der Waals surface area contributed by atoms with Crippen LogP contribution in [0.25, 0.3) is 21.9 Å². The van der Waals surface area contributed by atoms with E-state index in [1.807, 2.05) is 48.5 Å². The van der Waals surface area contributed by atoms with Crippen molar-refractivity contribution in [1.82, 2.24) is 0 Å². The number of ether oxygens (including phenoxy) is 2. The Labute approximate surface area is 123 Å². The summed E-state index contributed by atoms with van der Waals surface area (Å²) in [4.78, 5) is 0. The fourth-order valence-corrected chi connectivity index (χ4v) is 2.47. The molecule has 0 aliphatic rings. The molecule has 21 heavy (non-hydrogen) atoms. The summed E-state index contributed by atoms with van der Waals surface area (Å²) in [5.41, 5.74) is 1.53. The number of methoxy groups -OCH3 is 2. The number of hydrogen-bond donors (Lipinski definition) is 1. The molecule has 0 unspecified atom stereocenters. The lowest BCUT2D eigenvalue weighted by Gasteiger charge is -2.13. The molecule has 106 valence electrons. The molecule has 1 N–H and O–H groups in total. The highest BCUT2D eigenvalue weighted by Crippen LogP contribution is 2.40. The Morgan fingerprint density at radius 2 is 1.48 bits per heavy atom. The molecule has 0 aliphatic carbocycles. The average Bonchev–Trinajstić information content (AvgIpc) is 2.53. The van der Waals surface area contributed by atoms with Crippen LogP contribution in [0.5, 0.6) is 17.2 Å². The van der Waals surface area contributed by atoms with Gasteiger partial charge < -0.3 is 14.6 Å². The maximum atomic E-state index is 10.3. The van der Waals surface area contributed by atoms with Crippen molar-refractivity contribution in [2.24, 2.45) is 0 Å². The third-order valence-electron chi connectivity index (χ3n) is 3.56. The van der Waals surface area contributed by atoms with Crippen molar-refractivity contribution in [3.05, 3.63) is 54.6 Å². The van der Waals surface area contributed by atoms with Crippen molar-refractivity contribution in [1.29, 1.82) is 0 Å². The van der Waals surface area contributed by atoms with Gasteiger partial charge in [-0.15, -0.1) is 0 Å². The lowest BCUT2D eigenvalue weighted by atomic mass is 9.99. The number of hydrogen-bond acceptors (Lipinski definition) is 3. The molecule has 3 aromatic rings. The third-order valence-corrected chi connectivity index (χ3v) is 3.56. The first-order chi connectivity index (χ1) is 10.2. The zero-order chi connectivity index (χ0) is 14.8. The maximum Gasteiger partial charge on any atom is 0.127 e. The molecule has 0 heterocycles. The Morgan fingerprint density at radius 3 is 2.14 bits per heavy atom. The van der Waals surface area contributed by atoms with Crippen LogP contribution in [0, 0.1) is 0 Å². The van der Waals surface area contributed by atoms with Crippen molar-refractivity contribution < 1.29 is 14.6 Å². The molecule has 0 spiro atoms. The van der Waals surface area contributed by atoms with E-state index in [-0.39, 0.29) is 5.75 Å². The second kappa shape index (κ2) is 5.37. The first kappa shape index (κ1) is 13.3. The molecule has 0 atom stereocenters. The molecule has 0 aliphatic heterocycles. The van der Waals surface area contributed by atoms with Crippen molar-refractivity contribution in [2.45, 2.75) is 0 Å². The van der Waals surface area contributed by atoms with Crippen LogP contribution in [0.4, 0.5) is 0 Å². The van der Waals surface area contributed by atoms with E-state index in [4.69, 9.17) is 9.47 Å². The molecule has 0 bridgehead atoms. The van der Waals surface area contributed by atoms with Crippen LogP contribution in [0.1, 0.15) is 0 Å². The summed E-state index contributed by atoms with van der Waals surface area (Å²) in [5, 5.41) is 12.4. The molecule has 3 aromatic carbocycles. The molecular formula is C18H16O3. The Kier molecular flexibility index (Phi) is 3.40. The van der Waals surface area contributed by atoms with Crippen molar-refractivity contribution >= 4 is 10.8 Å². The lowest BCUT2D eigenvalue weighted by Crippen LogP contribution is -1.91. The van der Waals surface area contributed by atoms with E-state index >= 15 is 0 Å². The van der Waals surface area contributed by atoms with Gasteiger partial charge in [0.15, 0.2) is 0 Å².